The number of carbonyl (C=O) groups is 1. The van der Waals surface area contributed by atoms with Gasteiger partial charge in [-0.1, -0.05) is 11.6 Å². The molecule has 152 valence electrons. The van der Waals surface area contributed by atoms with Gasteiger partial charge in [-0.05, 0) is 70.1 Å². The van der Waals surface area contributed by atoms with Gasteiger partial charge in [0.1, 0.15) is 23.8 Å². The van der Waals surface area contributed by atoms with Crippen molar-refractivity contribution in [3.8, 4) is 11.1 Å². The zero-order valence-electron chi connectivity index (χ0n) is 15.7. The van der Waals surface area contributed by atoms with Gasteiger partial charge in [0.25, 0.3) is 0 Å². The SMILES string of the molecule is Cc1c(-c2cc(Cl)c3cnc(NC(=O)[C@@H]4C[C@@H]4F)cc3c2)cnc2c1ncn2PI. The highest BCUT2D eigenvalue weighted by Crippen LogP contribution is 2.37. The Bertz CT molecular complexity index is 1330. The Kier molecular flexibility index (Phi) is 5.11. The number of nitrogens with zero attached hydrogens (tertiary/aromatic N) is 4. The molecular weight excluding hydrogens is 539 g/mol. The number of amides is 1. The number of rotatable bonds is 4. The Morgan fingerprint density at radius 2 is 2.10 bits per heavy atom. The predicted molar refractivity (Wildman–Crippen MR) is 127 cm³/mol. The number of carbonyl (C=O) groups excluding carboxylic acids is 1. The molecule has 3 atom stereocenters. The van der Waals surface area contributed by atoms with Gasteiger partial charge in [-0.2, -0.15) is 0 Å². The van der Waals surface area contributed by atoms with Gasteiger partial charge in [0.05, 0.1) is 17.3 Å². The van der Waals surface area contributed by atoms with Crippen LogP contribution >= 0.6 is 40.0 Å². The van der Waals surface area contributed by atoms with Crippen LogP contribution in [0.2, 0.25) is 5.02 Å². The molecule has 1 amide bonds. The maximum Gasteiger partial charge on any atom is 0.231 e. The number of nitrogens with one attached hydrogen (secondary N) is 1. The minimum atomic E-state index is -1.05. The molecule has 1 saturated carbocycles. The van der Waals surface area contributed by atoms with Gasteiger partial charge < -0.3 is 5.32 Å². The number of alkyl halides is 1. The standard InChI is InChI=1S/C20H15ClFIN5OP/c1-9-13(6-25-19-18(9)26-8-28(19)30-23)10-2-11-4-17(24-7-14(11)15(21)3-10)27-20(29)12-5-16(12)22/h2-4,6-8,12,16,30H,5H2,1H3,(H,24,27,29)/t12-,16+/m1/s1. The molecular formula is C20H15ClFIN5OP. The number of benzene rings is 1. The Morgan fingerprint density at radius 1 is 1.30 bits per heavy atom. The van der Waals surface area contributed by atoms with E-state index < -0.39 is 12.1 Å². The van der Waals surface area contributed by atoms with Crippen molar-refractivity contribution in [3.63, 3.8) is 0 Å². The summed E-state index contributed by atoms with van der Waals surface area (Å²) in [7, 11) is 0. The van der Waals surface area contributed by atoms with Crippen LogP contribution in [0.4, 0.5) is 10.2 Å². The van der Waals surface area contributed by atoms with Crippen LogP contribution in [0.3, 0.4) is 0 Å². The quantitative estimate of drug-likeness (QED) is 0.260. The number of hydrogen-bond donors (Lipinski definition) is 1. The molecule has 0 radical (unpaired) electrons. The minimum Gasteiger partial charge on any atom is -0.310 e. The van der Waals surface area contributed by atoms with Gasteiger partial charge in [-0.15, -0.1) is 0 Å². The summed E-state index contributed by atoms with van der Waals surface area (Å²) in [4.78, 5) is 25.4. The third kappa shape index (κ3) is 3.44. The van der Waals surface area contributed by atoms with Gasteiger partial charge in [0.15, 0.2) is 5.65 Å². The fourth-order valence-electron chi connectivity index (χ4n) is 3.52. The van der Waals surface area contributed by atoms with Crippen molar-refractivity contribution in [1.82, 2.24) is 19.3 Å². The summed E-state index contributed by atoms with van der Waals surface area (Å²) in [6.07, 6.45) is 5.01. The van der Waals surface area contributed by atoms with Gasteiger partial charge in [0, 0.05) is 23.3 Å². The molecule has 5 rings (SSSR count). The van der Waals surface area contributed by atoms with Crippen LogP contribution in [0.1, 0.15) is 12.0 Å². The first kappa shape index (κ1) is 20.0. The van der Waals surface area contributed by atoms with E-state index in [0.29, 0.717) is 17.2 Å². The van der Waals surface area contributed by atoms with Gasteiger partial charge in [0.2, 0.25) is 5.91 Å². The fraction of sp³-hybridized carbons (Fsp3) is 0.200. The first-order valence-electron chi connectivity index (χ1n) is 9.20. The van der Waals surface area contributed by atoms with E-state index in [1.54, 1.807) is 18.6 Å². The molecule has 1 aliphatic rings. The second kappa shape index (κ2) is 7.66. The molecule has 6 nitrogen and oxygen atoms in total. The molecule has 0 spiro atoms. The summed E-state index contributed by atoms with van der Waals surface area (Å²) in [6, 6.07) is 5.63. The summed E-state index contributed by atoms with van der Waals surface area (Å²) in [5.41, 5.74) is 4.58. The van der Waals surface area contributed by atoms with Crippen molar-refractivity contribution in [2.45, 2.75) is 19.5 Å². The van der Waals surface area contributed by atoms with Crippen LogP contribution in [-0.4, -0.2) is 31.4 Å². The van der Waals surface area contributed by atoms with E-state index in [1.165, 1.54) is 0 Å². The monoisotopic (exact) mass is 553 g/mol. The second-order valence-electron chi connectivity index (χ2n) is 7.26. The van der Waals surface area contributed by atoms with Gasteiger partial charge in [-0.3, -0.25) is 9.13 Å². The molecule has 3 heterocycles. The molecule has 0 aliphatic heterocycles. The van der Waals surface area contributed by atoms with Crippen molar-refractivity contribution < 1.29 is 9.18 Å². The van der Waals surface area contributed by atoms with E-state index in [1.807, 2.05) is 29.6 Å². The smallest absolute Gasteiger partial charge is 0.231 e. The van der Waals surface area contributed by atoms with E-state index >= 15 is 0 Å². The zero-order chi connectivity index (χ0) is 21.0. The van der Waals surface area contributed by atoms with E-state index in [-0.39, 0.29) is 12.3 Å². The fourth-order valence-corrected chi connectivity index (χ4v) is 5.20. The third-order valence-electron chi connectivity index (χ3n) is 5.31. The molecule has 0 saturated heterocycles. The van der Waals surface area contributed by atoms with Crippen molar-refractivity contribution in [2.75, 3.05) is 5.32 Å². The zero-order valence-corrected chi connectivity index (χ0v) is 19.6. The van der Waals surface area contributed by atoms with Crippen molar-refractivity contribution in [1.29, 1.82) is 0 Å². The lowest BCUT2D eigenvalue weighted by atomic mass is 9.99. The molecule has 4 aromatic rings. The molecule has 10 heteroatoms. The second-order valence-corrected chi connectivity index (χ2v) is 9.77. The molecule has 1 N–H and O–H groups in total. The van der Waals surface area contributed by atoms with Crippen molar-refractivity contribution in [2.24, 2.45) is 5.92 Å². The molecule has 1 aliphatic carbocycles. The van der Waals surface area contributed by atoms with E-state index in [2.05, 4.69) is 42.3 Å². The Hall–Kier alpha value is -1.90. The lowest BCUT2D eigenvalue weighted by Crippen LogP contribution is -2.15. The van der Waals surface area contributed by atoms with Crippen LogP contribution in [0, 0.1) is 12.8 Å². The number of aromatic nitrogens is 4. The molecule has 1 fully saturated rings. The first-order chi connectivity index (χ1) is 14.5. The number of fused-ring (bicyclic) bond motifs is 2. The number of aryl methyl sites for hydroxylation is 1. The van der Waals surface area contributed by atoms with E-state index in [4.69, 9.17) is 11.6 Å². The van der Waals surface area contributed by atoms with Crippen LogP contribution < -0.4 is 5.32 Å². The van der Waals surface area contributed by atoms with Crippen molar-refractivity contribution >= 4 is 73.7 Å². The molecule has 3 aromatic heterocycles. The lowest BCUT2D eigenvalue weighted by Gasteiger charge is -2.11. The number of imidazole rings is 1. The lowest BCUT2D eigenvalue weighted by molar-refractivity contribution is -0.117. The molecule has 1 unspecified atom stereocenters. The Morgan fingerprint density at radius 3 is 2.83 bits per heavy atom. The van der Waals surface area contributed by atoms with Crippen molar-refractivity contribution in [3.05, 3.63) is 47.5 Å². The third-order valence-corrected chi connectivity index (χ3v) is 7.69. The summed E-state index contributed by atoms with van der Waals surface area (Å²) >= 11 is 8.83. The predicted octanol–water partition coefficient (Wildman–Crippen LogP) is 5.70. The van der Waals surface area contributed by atoms with E-state index in [0.717, 1.165) is 38.6 Å². The maximum absolute atomic E-state index is 13.1. The van der Waals surface area contributed by atoms with Crippen LogP contribution in [-0.2, 0) is 4.79 Å². The maximum atomic E-state index is 13.1. The molecule has 30 heavy (non-hydrogen) atoms. The summed E-state index contributed by atoms with van der Waals surface area (Å²) in [5.74, 6) is -0.526. The molecule has 0 bridgehead atoms. The van der Waals surface area contributed by atoms with Crippen LogP contribution in [0.5, 0.6) is 0 Å². The number of halogens is 3. The van der Waals surface area contributed by atoms with Gasteiger partial charge in [-0.25, -0.2) is 19.3 Å². The Balaban J connectivity index is 1.57. The highest BCUT2D eigenvalue weighted by atomic mass is 127. The number of hydrogen-bond acceptors (Lipinski definition) is 4. The minimum absolute atomic E-state index is 0.276. The summed E-state index contributed by atoms with van der Waals surface area (Å²) < 4.78 is 15.2. The average molecular weight is 554 g/mol. The topological polar surface area (TPSA) is 72.7 Å². The highest BCUT2D eigenvalue weighted by molar-refractivity contribution is 14.2. The number of anilines is 1. The molecule has 1 aromatic carbocycles. The first-order valence-corrected chi connectivity index (χ1v) is 13.6. The number of pyridine rings is 2. The largest absolute Gasteiger partial charge is 0.310 e. The highest BCUT2D eigenvalue weighted by Gasteiger charge is 2.43. The average Bonchev–Trinajstić information content (AvgIpc) is 3.31. The van der Waals surface area contributed by atoms with E-state index in [9.17, 15) is 9.18 Å². The summed E-state index contributed by atoms with van der Waals surface area (Å²) in [6.45, 7) is 2.02. The van der Waals surface area contributed by atoms with Crippen LogP contribution in [0.25, 0.3) is 33.1 Å². The van der Waals surface area contributed by atoms with Crippen LogP contribution in [0.15, 0.2) is 36.9 Å². The van der Waals surface area contributed by atoms with Gasteiger partial charge >= 0.3 is 0 Å². The normalized spacial score (nSPS) is 18.5. The Labute approximate surface area is 191 Å². The summed E-state index contributed by atoms with van der Waals surface area (Å²) in [5, 5.41) is 4.85.